The molecule has 0 saturated heterocycles. The Kier molecular flexibility index (Phi) is 14.6. The molecule has 42 heavy (non-hydrogen) atoms. The van der Waals surface area contributed by atoms with Crippen molar-refractivity contribution in [1.82, 2.24) is 0 Å². The summed E-state index contributed by atoms with van der Waals surface area (Å²) in [6.45, 7) is 14.6. The molecule has 0 bridgehead atoms. The van der Waals surface area contributed by atoms with E-state index in [0.717, 1.165) is 42.6 Å². The van der Waals surface area contributed by atoms with E-state index in [-0.39, 0.29) is 19.1 Å². The number of carbonyl (C=O) groups is 2. The average molecular weight is 595 g/mol. The van der Waals surface area contributed by atoms with Gasteiger partial charge in [-0.05, 0) is 74.2 Å². The number of carbonyl (C=O) groups excluding carboxylic acids is 2. The van der Waals surface area contributed by atoms with E-state index >= 15 is 0 Å². The quantitative estimate of drug-likeness (QED) is 0.0781. The van der Waals surface area contributed by atoms with Crippen LogP contribution in [0.2, 0.25) is 19.1 Å². The van der Waals surface area contributed by atoms with E-state index in [1.54, 1.807) is 0 Å². The summed E-state index contributed by atoms with van der Waals surface area (Å²) in [6, 6.07) is 10.8. The van der Waals surface area contributed by atoms with Crippen LogP contribution >= 0.6 is 0 Å². The van der Waals surface area contributed by atoms with Crippen molar-refractivity contribution in [1.29, 1.82) is 0 Å². The van der Waals surface area contributed by atoms with Crippen LogP contribution in [0.15, 0.2) is 49.6 Å². The van der Waals surface area contributed by atoms with Gasteiger partial charge in [0.05, 0.1) is 21.3 Å². The molecule has 4 nitrogen and oxygen atoms in total. The first kappa shape index (κ1) is 34.3. The van der Waals surface area contributed by atoms with Crippen molar-refractivity contribution in [3.8, 4) is 0 Å². The third-order valence-electron chi connectivity index (χ3n) is 10.4. The molecule has 2 aliphatic rings. The number of ether oxygens (including phenoxy) is 2. The van der Waals surface area contributed by atoms with Crippen molar-refractivity contribution in [2.75, 3.05) is 13.2 Å². The first-order valence-corrected chi connectivity index (χ1v) is 20.1. The summed E-state index contributed by atoms with van der Waals surface area (Å²) >= 11 is 0. The Bertz CT molecular complexity index is 944. The van der Waals surface area contributed by atoms with Crippen molar-refractivity contribution >= 4 is 25.2 Å². The lowest BCUT2D eigenvalue weighted by Crippen LogP contribution is -2.41. The molecule has 0 unspecified atom stereocenters. The van der Waals surface area contributed by atoms with E-state index in [1.165, 1.54) is 100.0 Å². The standard InChI is InChI=1S/C37H58O4Si/c1-6-9-10-12-29-14-16-31(17-15-29)32-18-20-33(21-19-32)34-22-24-35(25-23-34)42(4,5)26-11-13-30(27-40-36(38)7-2)28-41-37(39)8-3/h7-8,22-25,29-33H,2-3,6,9-21,26-28H2,1,4-5H3. The molecule has 0 atom stereocenters. The van der Waals surface area contributed by atoms with Gasteiger partial charge in [0.2, 0.25) is 0 Å². The van der Waals surface area contributed by atoms with Gasteiger partial charge in [0.25, 0.3) is 0 Å². The SMILES string of the molecule is C=CC(=O)OCC(CCC[Si](C)(C)c1ccc(C2CCC(C3CCC(CCCCC)CC3)CC2)cc1)COC(=O)C=C. The minimum atomic E-state index is -1.62. The minimum absolute atomic E-state index is 0.0269. The predicted octanol–water partition coefficient (Wildman–Crippen LogP) is 9.12. The molecular formula is C37H58O4Si. The second-order valence-corrected chi connectivity index (χ2v) is 18.7. The second kappa shape index (κ2) is 17.8. The zero-order valence-electron chi connectivity index (χ0n) is 26.9. The van der Waals surface area contributed by atoms with Gasteiger partial charge in [-0.25, -0.2) is 9.59 Å². The Morgan fingerprint density at radius 1 is 0.833 bits per heavy atom. The molecule has 0 amide bonds. The minimum Gasteiger partial charge on any atom is -0.462 e. The molecule has 2 saturated carbocycles. The van der Waals surface area contributed by atoms with E-state index < -0.39 is 20.0 Å². The van der Waals surface area contributed by atoms with Crippen LogP contribution in [-0.4, -0.2) is 33.2 Å². The summed E-state index contributed by atoms with van der Waals surface area (Å²) in [5.41, 5.74) is 1.54. The fourth-order valence-corrected chi connectivity index (χ4v) is 9.92. The summed E-state index contributed by atoms with van der Waals surface area (Å²) in [4.78, 5) is 23.1. The van der Waals surface area contributed by atoms with Crippen LogP contribution < -0.4 is 5.19 Å². The van der Waals surface area contributed by atoms with Crippen molar-refractivity contribution in [2.45, 2.75) is 122 Å². The van der Waals surface area contributed by atoms with E-state index in [4.69, 9.17) is 9.47 Å². The highest BCUT2D eigenvalue weighted by atomic mass is 28.3. The second-order valence-electron chi connectivity index (χ2n) is 13.8. The third-order valence-corrected chi connectivity index (χ3v) is 13.9. The topological polar surface area (TPSA) is 52.6 Å². The summed E-state index contributed by atoms with van der Waals surface area (Å²) < 4.78 is 10.5. The highest BCUT2D eigenvalue weighted by Crippen LogP contribution is 2.44. The number of hydrogen-bond acceptors (Lipinski definition) is 4. The number of hydrogen-bond donors (Lipinski definition) is 0. The lowest BCUT2D eigenvalue weighted by Gasteiger charge is -2.38. The molecule has 2 aliphatic carbocycles. The molecule has 0 aliphatic heterocycles. The Morgan fingerprint density at radius 2 is 1.38 bits per heavy atom. The fourth-order valence-electron chi connectivity index (χ4n) is 7.47. The monoisotopic (exact) mass is 594 g/mol. The van der Waals surface area contributed by atoms with Crippen LogP contribution in [0.1, 0.15) is 108 Å². The third kappa shape index (κ3) is 11.2. The molecule has 1 aromatic carbocycles. The normalized spacial score (nSPS) is 22.9. The molecule has 0 aromatic heterocycles. The molecule has 0 N–H and O–H groups in total. The van der Waals surface area contributed by atoms with Gasteiger partial charge in [-0.2, -0.15) is 0 Å². The number of benzene rings is 1. The van der Waals surface area contributed by atoms with Gasteiger partial charge in [-0.3, -0.25) is 0 Å². The van der Waals surface area contributed by atoms with Gasteiger partial charge in [-0.15, -0.1) is 0 Å². The van der Waals surface area contributed by atoms with Gasteiger partial charge < -0.3 is 9.47 Å². The van der Waals surface area contributed by atoms with E-state index in [0.29, 0.717) is 0 Å². The largest absolute Gasteiger partial charge is 0.462 e. The number of esters is 2. The van der Waals surface area contributed by atoms with Crippen molar-refractivity contribution < 1.29 is 19.1 Å². The van der Waals surface area contributed by atoms with Crippen LogP contribution in [0.25, 0.3) is 0 Å². The molecular weight excluding hydrogens is 536 g/mol. The maximum absolute atomic E-state index is 11.5. The highest BCUT2D eigenvalue weighted by Gasteiger charge is 2.31. The van der Waals surface area contributed by atoms with Gasteiger partial charge in [0, 0.05) is 18.1 Å². The summed E-state index contributed by atoms with van der Waals surface area (Å²) in [6.07, 6.45) is 21.4. The van der Waals surface area contributed by atoms with E-state index in [2.05, 4.69) is 57.4 Å². The Morgan fingerprint density at radius 3 is 1.90 bits per heavy atom. The van der Waals surface area contributed by atoms with Crippen LogP contribution in [0, 0.1) is 23.7 Å². The predicted molar refractivity (Wildman–Crippen MR) is 178 cm³/mol. The molecule has 234 valence electrons. The van der Waals surface area contributed by atoms with Crippen LogP contribution in [0.3, 0.4) is 0 Å². The fraction of sp³-hybridized carbons (Fsp3) is 0.676. The first-order valence-electron chi connectivity index (χ1n) is 16.9. The highest BCUT2D eigenvalue weighted by molar-refractivity contribution is 6.89. The molecule has 1 aromatic rings. The van der Waals surface area contributed by atoms with Gasteiger partial charge >= 0.3 is 11.9 Å². The van der Waals surface area contributed by atoms with Gasteiger partial charge in [-0.1, -0.05) is 114 Å². The summed E-state index contributed by atoms with van der Waals surface area (Å²) in [5, 5.41) is 1.50. The van der Waals surface area contributed by atoms with E-state index in [1.807, 2.05) is 0 Å². The number of rotatable bonds is 17. The van der Waals surface area contributed by atoms with Crippen LogP contribution in [-0.2, 0) is 19.1 Å². The van der Waals surface area contributed by atoms with Gasteiger partial charge in [0.1, 0.15) is 0 Å². The first-order chi connectivity index (χ1) is 20.2. The maximum Gasteiger partial charge on any atom is 0.330 e. The zero-order chi connectivity index (χ0) is 30.4. The molecule has 0 heterocycles. The Hall–Kier alpha value is -2.14. The van der Waals surface area contributed by atoms with Gasteiger partial charge in [0.15, 0.2) is 0 Å². The molecule has 3 rings (SSSR count). The smallest absolute Gasteiger partial charge is 0.330 e. The Labute approximate surface area is 257 Å². The molecule has 2 fully saturated rings. The molecule has 0 spiro atoms. The van der Waals surface area contributed by atoms with Crippen molar-refractivity contribution in [3.05, 3.63) is 55.1 Å². The number of unbranched alkanes of at least 4 members (excludes halogenated alkanes) is 2. The Balaban J connectivity index is 1.43. The summed E-state index contributed by atoms with van der Waals surface area (Å²) in [5.74, 6) is 2.78. The molecule has 5 heteroatoms. The van der Waals surface area contributed by atoms with Crippen molar-refractivity contribution in [2.24, 2.45) is 23.7 Å². The zero-order valence-corrected chi connectivity index (χ0v) is 27.9. The van der Waals surface area contributed by atoms with Crippen LogP contribution in [0.4, 0.5) is 0 Å². The van der Waals surface area contributed by atoms with E-state index in [9.17, 15) is 9.59 Å². The van der Waals surface area contributed by atoms with Crippen LogP contribution in [0.5, 0.6) is 0 Å². The maximum atomic E-state index is 11.5. The lowest BCUT2D eigenvalue weighted by molar-refractivity contribution is -0.143. The average Bonchev–Trinajstić information content (AvgIpc) is 3.02. The van der Waals surface area contributed by atoms with Crippen molar-refractivity contribution in [3.63, 3.8) is 0 Å². The summed E-state index contributed by atoms with van der Waals surface area (Å²) in [7, 11) is -1.62. The lowest BCUT2D eigenvalue weighted by atomic mass is 9.68. The molecule has 0 radical (unpaired) electrons.